The first-order valence-corrected chi connectivity index (χ1v) is 5.58. The molecule has 86 valence electrons. The van der Waals surface area contributed by atoms with Gasteiger partial charge in [-0.05, 0) is 12.1 Å². The summed E-state index contributed by atoms with van der Waals surface area (Å²) in [5.41, 5.74) is 0.940. The predicted molar refractivity (Wildman–Crippen MR) is 52.5 cm³/mol. The monoisotopic (exact) mass is 245 g/mol. The van der Waals surface area contributed by atoms with Crippen molar-refractivity contribution >= 4 is 19.6 Å². The van der Waals surface area contributed by atoms with Crippen molar-refractivity contribution in [1.82, 2.24) is 5.32 Å². The number of hydrogen-bond acceptors (Lipinski definition) is 3. The van der Waals surface area contributed by atoms with E-state index in [2.05, 4.69) is 5.32 Å². The number of rotatable bonds is 0. The Balaban J connectivity index is 0.000000221. The molecule has 1 aromatic carbocycles. The van der Waals surface area contributed by atoms with E-state index in [0.29, 0.717) is 11.1 Å². The largest absolute Gasteiger partial charge is 0.466 e. The lowest BCUT2D eigenvalue weighted by molar-refractivity contribution is 0.0879. The molecule has 16 heavy (non-hydrogen) atoms. The van der Waals surface area contributed by atoms with E-state index < -0.39 is 7.82 Å². The summed E-state index contributed by atoms with van der Waals surface area (Å²) in [6, 6.07) is 6.74. The van der Waals surface area contributed by atoms with Crippen molar-refractivity contribution in [2.24, 2.45) is 0 Å². The lowest BCUT2D eigenvalue weighted by Gasteiger charge is -1.88. The van der Waals surface area contributed by atoms with Crippen LogP contribution in [0.25, 0.3) is 0 Å². The minimum absolute atomic E-state index is 0.300. The Bertz CT molecular complexity index is 438. The fourth-order valence-electron chi connectivity index (χ4n) is 1.12. The molecule has 2 rings (SSSR count). The molecular weight excluding hydrogens is 237 g/mol. The van der Waals surface area contributed by atoms with Gasteiger partial charge < -0.3 is 14.7 Å². The molecule has 1 heterocycles. The molecule has 0 spiro atoms. The first-order valence-electron chi connectivity index (χ1n) is 4.02. The first kappa shape index (κ1) is 12.5. The lowest BCUT2D eigenvalue weighted by Crippen LogP contribution is -2.19. The van der Waals surface area contributed by atoms with Gasteiger partial charge in [-0.15, -0.1) is 0 Å². The van der Waals surface area contributed by atoms with Gasteiger partial charge in [0.1, 0.15) is 0 Å². The zero-order valence-corrected chi connectivity index (χ0v) is 8.72. The SMILES string of the molecule is O=C1NC(=O)c2ccccc21.O=P(O)(O)O. The van der Waals surface area contributed by atoms with Gasteiger partial charge in [0.15, 0.2) is 0 Å². The summed E-state index contributed by atoms with van der Waals surface area (Å²) < 4.78 is 8.88. The summed E-state index contributed by atoms with van der Waals surface area (Å²) in [4.78, 5) is 43.5. The number of phosphoric acid groups is 1. The normalized spacial score (nSPS) is 13.7. The van der Waals surface area contributed by atoms with Crippen LogP contribution in [0.15, 0.2) is 24.3 Å². The van der Waals surface area contributed by atoms with E-state index in [0.717, 1.165) is 0 Å². The summed E-state index contributed by atoms with van der Waals surface area (Å²) in [5, 5.41) is 2.20. The molecule has 0 aromatic heterocycles. The Hall–Kier alpha value is -1.53. The van der Waals surface area contributed by atoms with Crippen LogP contribution >= 0.6 is 7.82 Å². The van der Waals surface area contributed by atoms with Crippen LogP contribution in [0.2, 0.25) is 0 Å². The molecule has 2 amide bonds. The van der Waals surface area contributed by atoms with Gasteiger partial charge in [-0.3, -0.25) is 14.9 Å². The van der Waals surface area contributed by atoms with Gasteiger partial charge in [0.25, 0.3) is 11.8 Å². The predicted octanol–water partition coefficient (Wildman–Crippen LogP) is -0.358. The highest BCUT2D eigenvalue weighted by Crippen LogP contribution is 2.25. The molecule has 1 aromatic rings. The van der Waals surface area contributed by atoms with Crippen molar-refractivity contribution in [2.75, 3.05) is 0 Å². The quantitative estimate of drug-likeness (QED) is 0.365. The molecule has 0 saturated heterocycles. The Labute approximate surface area is 90.0 Å². The summed E-state index contributed by atoms with van der Waals surface area (Å²) in [6.07, 6.45) is 0. The van der Waals surface area contributed by atoms with Crippen LogP contribution in [0.4, 0.5) is 0 Å². The maximum atomic E-state index is 10.9. The number of carbonyl (C=O) groups is 2. The minimum atomic E-state index is -4.64. The second kappa shape index (κ2) is 4.54. The smallest absolute Gasteiger partial charge is 0.303 e. The van der Waals surface area contributed by atoms with Gasteiger partial charge in [0.05, 0.1) is 11.1 Å². The van der Waals surface area contributed by atoms with Crippen LogP contribution in [0.1, 0.15) is 20.7 Å². The molecule has 0 unspecified atom stereocenters. The highest BCUT2D eigenvalue weighted by molar-refractivity contribution is 7.45. The highest BCUT2D eigenvalue weighted by atomic mass is 31.2. The Morgan fingerprint density at radius 3 is 1.56 bits per heavy atom. The fraction of sp³-hybridized carbons (Fsp3) is 0. The third-order valence-corrected chi connectivity index (χ3v) is 1.64. The van der Waals surface area contributed by atoms with Crippen molar-refractivity contribution in [2.45, 2.75) is 0 Å². The van der Waals surface area contributed by atoms with Gasteiger partial charge in [-0.25, -0.2) is 4.57 Å². The highest BCUT2D eigenvalue weighted by Gasteiger charge is 2.25. The van der Waals surface area contributed by atoms with E-state index in [1.165, 1.54) is 0 Å². The number of hydrogen-bond donors (Lipinski definition) is 4. The van der Waals surface area contributed by atoms with E-state index in [-0.39, 0.29) is 11.8 Å². The fourth-order valence-corrected chi connectivity index (χ4v) is 1.12. The number of nitrogens with one attached hydrogen (secondary N) is 1. The minimum Gasteiger partial charge on any atom is -0.303 e. The molecular formula is C8H8NO6P. The van der Waals surface area contributed by atoms with Gasteiger partial charge in [0.2, 0.25) is 0 Å². The number of amides is 2. The topological polar surface area (TPSA) is 124 Å². The second-order valence-corrected chi connectivity index (χ2v) is 3.87. The zero-order chi connectivity index (χ0) is 12.3. The third kappa shape index (κ3) is 3.56. The van der Waals surface area contributed by atoms with Crippen molar-refractivity contribution in [1.29, 1.82) is 0 Å². The standard InChI is InChI=1S/C8H5NO2.H3O4P/c10-7-5-3-1-2-4-6(5)8(11)9-7;1-5(2,3)4/h1-4H,(H,9,10,11);(H3,1,2,3,4). The van der Waals surface area contributed by atoms with E-state index in [4.69, 9.17) is 19.2 Å². The van der Waals surface area contributed by atoms with Crippen LogP contribution < -0.4 is 5.32 Å². The first-order chi connectivity index (χ1) is 7.29. The van der Waals surface area contributed by atoms with E-state index in [1.807, 2.05) is 0 Å². The van der Waals surface area contributed by atoms with Crippen LogP contribution in [0.5, 0.6) is 0 Å². The third-order valence-electron chi connectivity index (χ3n) is 1.64. The molecule has 0 saturated carbocycles. The molecule has 0 aliphatic carbocycles. The summed E-state index contributed by atoms with van der Waals surface area (Å²) in [5.74, 6) is -0.601. The summed E-state index contributed by atoms with van der Waals surface area (Å²) in [6.45, 7) is 0. The van der Waals surface area contributed by atoms with E-state index in [9.17, 15) is 9.59 Å². The average Bonchev–Trinajstić information content (AvgIpc) is 2.41. The molecule has 0 radical (unpaired) electrons. The van der Waals surface area contributed by atoms with Crippen molar-refractivity contribution in [3.8, 4) is 0 Å². The Morgan fingerprint density at radius 2 is 1.25 bits per heavy atom. The Kier molecular flexibility index (Phi) is 3.56. The van der Waals surface area contributed by atoms with Crippen LogP contribution in [-0.2, 0) is 4.57 Å². The van der Waals surface area contributed by atoms with Gasteiger partial charge >= 0.3 is 7.82 Å². The molecule has 0 atom stereocenters. The van der Waals surface area contributed by atoms with Crippen molar-refractivity contribution in [3.63, 3.8) is 0 Å². The van der Waals surface area contributed by atoms with Crippen molar-refractivity contribution < 1.29 is 28.8 Å². The summed E-state index contributed by atoms with van der Waals surface area (Å²) >= 11 is 0. The van der Waals surface area contributed by atoms with Crippen molar-refractivity contribution in [3.05, 3.63) is 35.4 Å². The summed E-state index contributed by atoms with van der Waals surface area (Å²) in [7, 11) is -4.64. The van der Waals surface area contributed by atoms with Gasteiger partial charge in [-0.2, -0.15) is 0 Å². The molecule has 1 aliphatic rings. The maximum absolute atomic E-state index is 10.9. The maximum Gasteiger partial charge on any atom is 0.466 e. The molecule has 0 bridgehead atoms. The second-order valence-electron chi connectivity index (χ2n) is 2.84. The zero-order valence-electron chi connectivity index (χ0n) is 7.82. The lowest BCUT2D eigenvalue weighted by atomic mass is 10.1. The average molecular weight is 245 g/mol. The molecule has 0 fully saturated rings. The molecule has 4 N–H and O–H groups in total. The number of benzene rings is 1. The number of imide groups is 1. The van der Waals surface area contributed by atoms with Crippen LogP contribution in [0.3, 0.4) is 0 Å². The van der Waals surface area contributed by atoms with E-state index in [1.54, 1.807) is 24.3 Å². The van der Waals surface area contributed by atoms with Crippen LogP contribution in [-0.4, -0.2) is 26.5 Å². The number of fused-ring (bicyclic) bond motifs is 1. The Morgan fingerprint density at radius 1 is 0.938 bits per heavy atom. The molecule has 1 aliphatic heterocycles. The van der Waals surface area contributed by atoms with Gasteiger partial charge in [-0.1, -0.05) is 12.1 Å². The number of carbonyl (C=O) groups excluding carboxylic acids is 2. The molecule has 7 nitrogen and oxygen atoms in total. The van der Waals surface area contributed by atoms with E-state index >= 15 is 0 Å². The molecule has 8 heteroatoms. The van der Waals surface area contributed by atoms with Crippen LogP contribution in [0, 0.1) is 0 Å². The van der Waals surface area contributed by atoms with Gasteiger partial charge in [0, 0.05) is 0 Å².